The fraction of sp³-hybridized carbons (Fsp3) is 0.625. The van der Waals surface area contributed by atoms with Crippen molar-refractivity contribution in [2.24, 2.45) is 0 Å². The average Bonchev–Trinajstić information content (AvgIpc) is 2.50. The van der Waals surface area contributed by atoms with Crippen LogP contribution in [0.15, 0.2) is 12.4 Å². The number of halogens is 4. The molecule has 0 aliphatic heterocycles. The number of hydrogen-bond acceptors (Lipinski definition) is 1. The Morgan fingerprint density at radius 1 is 1.43 bits per heavy atom. The van der Waals surface area contributed by atoms with E-state index in [0.717, 1.165) is 5.56 Å². The topological polar surface area (TPSA) is 17.8 Å². The first-order chi connectivity index (χ1) is 6.51. The molecule has 1 aromatic rings. The van der Waals surface area contributed by atoms with Crippen LogP contribution in [0, 0.1) is 0 Å². The number of aryl methyl sites for hydroxylation is 1. The maximum Gasteiger partial charge on any atom is 0.389 e. The van der Waals surface area contributed by atoms with Gasteiger partial charge in [0.25, 0.3) is 0 Å². The highest BCUT2D eigenvalue weighted by atomic mass is 35.5. The summed E-state index contributed by atoms with van der Waals surface area (Å²) in [5.74, 6) is 0.333. The van der Waals surface area contributed by atoms with Gasteiger partial charge in [0.15, 0.2) is 0 Å². The van der Waals surface area contributed by atoms with Crippen LogP contribution in [0.25, 0.3) is 0 Å². The molecule has 0 atom stereocenters. The molecule has 0 radical (unpaired) electrons. The summed E-state index contributed by atoms with van der Waals surface area (Å²) in [6.45, 7) is 0.274. The third kappa shape index (κ3) is 4.00. The SMILES string of the molecule is FC(F)(F)CCCn1cc(CCl)cn1. The normalized spacial score (nSPS) is 12.0. The minimum atomic E-state index is -4.08. The predicted octanol–water partition coefficient (Wildman–Crippen LogP) is 2.96. The maximum atomic E-state index is 11.8. The van der Waals surface area contributed by atoms with E-state index in [1.807, 2.05) is 0 Å². The zero-order chi connectivity index (χ0) is 10.6. The first-order valence-corrected chi connectivity index (χ1v) is 4.69. The summed E-state index contributed by atoms with van der Waals surface area (Å²) in [4.78, 5) is 0. The van der Waals surface area contributed by atoms with Gasteiger partial charge in [-0.1, -0.05) is 0 Å². The van der Waals surface area contributed by atoms with Crippen LogP contribution in [-0.2, 0) is 12.4 Å². The van der Waals surface area contributed by atoms with Crippen molar-refractivity contribution in [2.75, 3.05) is 0 Å². The molecule has 0 aliphatic rings. The third-order valence-electron chi connectivity index (χ3n) is 1.69. The Kier molecular flexibility index (Phi) is 3.80. The van der Waals surface area contributed by atoms with Crippen molar-refractivity contribution in [3.05, 3.63) is 18.0 Å². The Bertz CT molecular complexity index is 282. The Morgan fingerprint density at radius 3 is 2.64 bits per heavy atom. The molecule has 80 valence electrons. The molecular weight excluding hydrogens is 217 g/mol. The van der Waals surface area contributed by atoms with Gasteiger partial charge in [-0.05, 0) is 6.42 Å². The second-order valence-electron chi connectivity index (χ2n) is 2.96. The van der Waals surface area contributed by atoms with Crippen molar-refractivity contribution in [1.29, 1.82) is 0 Å². The third-order valence-corrected chi connectivity index (χ3v) is 2.00. The second kappa shape index (κ2) is 4.68. The number of aromatic nitrogens is 2. The van der Waals surface area contributed by atoms with E-state index in [-0.39, 0.29) is 13.0 Å². The summed E-state index contributed by atoms with van der Waals surface area (Å²) in [6.07, 6.45) is -1.59. The van der Waals surface area contributed by atoms with Gasteiger partial charge in [-0.3, -0.25) is 4.68 Å². The van der Waals surface area contributed by atoms with Gasteiger partial charge in [0.2, 0.25) is 0 Å². The molecule has 1 heterocycles. The highest BCUT2D eigenvalue weighted by Gasteiger charge is 2.25. The summed E-state index contributed by atoms with van der Waals surface area (Å²) in [5, 5.41) is 3.87. The summed E-state index contributed by atoms with van der Waals surface area (Å²) in [6, 6.07) is 0. The Morgan fingerprint density at radius 2 is 2.14 bits per heavy atom. The standard InChI is InChI=1S/C8H10ClF3N2/c9-4-7-5-13-14(6-7)3-1-2-8(10,11)12/h5-6H,1-4H2. The van der Waals surface area contributed by atoms with Crippen LogP contribution in [0.4, 0.5) is 13.2 Å². The van der Waals surface area contributed by atoms with Crippen LogP contribution in [0.2, 0.25) is 0 Å². The molecular formula is C8H10ClF3N2. The summed E-state index contributed by atoms with van der Waals surface area (Å²) in [5.41, 5.74) is 0.818. The molecule has 6 heteroatoms. The molecule has 0 fully saturated rings. The van der Waals surface area contributed by atoms with E-state index in [2.05, 4.69) is 5.10 Å². The van der Waals surface area contributed by atoms with Crippen LogP contribution >= 0.6 is 11.6 Å². The van der Waals surface area contributed by atoms with Crippen LogP contribution < -0.4 is 0 Å². The van der Waals surface area contributed by atoms with Crippen LogP contribution in [0.3, 0.4) is 0 Å². The van der Waals surface area contributed by atoms with Crippen molar-refractivity contribution < 1.29 is 13.2 Å². The van der Waals surface area contributed by atoms with Gasteiger partial charge in [-0.25, -0.2) is 0 Å². The van der Waals surface area contributed by atoms with E-state index in [1.165, 1.54) is 4.68 Å². The Labute approximate surface area is 84.7 Å². The molecule has 0 saturated carbocycles. The molecule has 0 spiro atoms. The van der Waals surface area contributed by atoms with Crippen molar-refractivity contribution in [2.45, 2.75) is 31.4 Å². The van der Waals surface area contributed by atoms with E-state index in [0.29, 0.717) is 5.88 Å². The summed E-state index contributed by atoms with van der Waals surface area (Å²) >= 11 is 5.51. The fourth-order valence-corrected chi connectivity index (χ4v) is 1.18. The molecule has 1 aromatic heterocycles. The van der Waals surface area contributed by atoms with Crippen molar-refractivity contribution in [3.8, 4) is 0 Å². The quantitative estimate of drug-likeness (QED) is 0.722. The van der Waals surface area contributed by atoms with E-state index in [9.17, 15) is 13.2 Å². The van der Waals surface area contributed by atoms with E-state index in [1.54, 1.807) is 12.4 Å². The molecule has 0 saturated heterocycles. The molecule has 1 rings (SSSR count). The first-order valence-electron chi connectivity index (χ1n) is 4.15. The van der Waals surface area contributed by atoms with Crippen molar-refractivity contribution in [3.63, 3.8) is 0 Å². The zero-order valence-electron chi connectivity index (χ0n) is 7.39. The molecule has 2 nitrogen and oxygen atoms in total. The van der Waals surface area contributed by atoms with E-state index >= 15 is 0 Å². The lowest BCUT2D eigenvalue weighted by atomic mass is 10.3. The molecule has 0 unspecified atom stereocenters. The summed E-state index contributed by atoms with van der Waals surface area (Å²) < 4.78 is 36.8. The van der Waals surface area contributed by atoms with E-state index in [4.69, 9.17) is 11.6 Å². The lowest BCUT2D eigenvalue weighted by molar-refractivity contribution is -0.136. The van der Waals surface area contributed by atoms with Gasteiger partial charge < -0.3 is 0 Å². The first kappa shape index (κ1) is 11.4. The highest BCUT2D eigenvalue weighted by Crippen LogP contribution is 2.21. The van der Waals surface area contributed by atoms with Gasteiger partial charge >= 0.3 is 6.18 Å². The molecule has 0 bridgehead atoms. The molecule has 14 heavy (non-hydrogen) atoms. The van der Waals surface area contributed by atoms with Crippen LogP contribution in [0.1, 0.15) is 18.4 Å². The molecule has 0 aliphatic carbocycles. The monoisotopic (exact) mass is 226 g/mol. The zero-order valence-corrected chi connectivity index (χ0v) is 8.15. The van der Waals surface area contributed by atoms with E-state index < -0.39 is 12.6 Å². The largest absolute Gasteiger partial charge is 0.389 e. The number of alkyl halides is 4. The van der Waals surface area contributed by atoms with Gasteiger partial charge in [0, 0.05) is 24.7 Å². The summed E-state index contributed by atoms with van der Waals surface area (Å²) in [7, 11) is 0. The molecule has 0 amide bonds. The average molecular weight is 227 g/mol. The van der Waals surface area contributed by atoms with Crippen molar-refractivity contribution >= 4 is 11.6 Å². The number of hydrogen-bond donors (Lipinski definition) is 0. The predicted molar refractivity (Wildman–Crippen MR) is 47.1 cm³/mol. The number of rotatable bonds is 4. The van der Waals surface area contributed by atoms with Crippen LogP contribution in [0.5, 0.6) is 0 Å². The lowest BCUT2D eigenvalue weighted by Crippen LogP contribution is -2.09. The van der Waals surface area contributed by atoms with Crippen LogP contribution in [-0.4, -0.2) is 16.0 Å². The molecule has 0 N–H and O–H groups in total. The van der Waals surface area contributed by atoms with Gasteiger partial charge in [0.05, 0.1) is 12.1 Å². The van der Waals surface area contributed by atoms with Crippen molar-refractivity contribution in [1.82, 2.24) is 9.78 Å². The number of nitrogens with zero attached hydrogens (tertiary/aromatic N) is 2. The maximum absolute atomic E-state index is 11.8. The highest BCUT2D eigenvalue weighted by molar-refractivity contribution is 6.17. The van der Waals surface area contributed by atoms with Gasteiger partial charge in [0.1, 0.15) is 0 Å². The van der Waals surface area contributed by atoms with Gasteiger partial charge in [-0.2, -0.15) is 18.3 Å². The van der Waals surface area contributed by atoms with Gasteiger partial charge in [-0.15, -0.1) is 11.6 Å². The fourth-order valence-electron chi connectivity index (χ4n) is 1.04. The minimum Gasteiger partial charge on any atom is -0.272 e. The smallest absolute Gasteiger partial charge is 0.272 e. The lowest BCUT2D eigenvalue weighted by Gasteiger charge is -2.05. The molecule has 0 aromatic carbocycles. The Balaban J connectivity index is 2.31. The minimum absolute atomic E-state index is 0.0485. The Hall–Kier alpha value is -0.710. The second-order valence-corrected chi connectivity index (χ2v) is 3.23.